The molecule has 0 saturated carbocycles. The quantitative estimate of drug-likeness (QED) is 0.00837. The van der Waals surface area contributed by atoms with Gasteiger partial charge >= 0.3 is 71.3 Å². The van der Waals surface area contributed by atoms with Crippen molar-refractivity contribution in [1.82, 2.24) is 4.90 Å². The number of ether oxygens (including phenoxy) is 12. The van der Waals surface area contributed by atoms with Gasteiger partial charge in [-0.3, -0.25) is 4.79 Å². The van der Waals surface area contributed by atoms with Crippen molar-refractivity contribution >= 4 is 169 Å². The van der Waals surface area contributed by atoms with E-state index in [-0.39, 0.29) is 53.7 Å². The zero-order valence-electron chi connectivity index (χ0n) is 72.7. The number of carbonyl (C=O) groups is 10. The van der Waals surface area contributed by atoms with E-state index in [0.29, 0.717) is 51.9 Å². The van der Waals surface area contributed by atoms with Gasteiger partial charge in [0, 0.05) is 150 Å². The maximum atomic E-state index is 11.9. The summed E-state index contributed by atoms with van der Waals surface area (Å²) in [7, 11) is -1.89. The van der Waals surface area contributed by atoms with Crippen LogP contribution in [0, 0.1) is 0 Å². The molecular formula is C70H142Cl3NO33SSi8. The van der Waals surface area contributed by atoms with E-state index in [4.69, 9.17) is 74.8 Å². The van der Waals surface area contributed by atoms with Crippen LogP contribution in [0.2, 0.25) is 130 Å². The van der Waals surface area contributed by atoms with E-state index in [1.165, 1.54) is 60.9 Å². The van der Waals surface area contributed by atoms with E-state index in [2.05, 4.69) is 203 Å². The van der Waals surface area contributed by atoms with Crippen LogP contribution in [0.3, 0.4) is 0 Å². The molecule has 1 saturated heterocycles. The number of halogens is 3. The van der Waals surface area contributed by atoms with Crippen molar-refractivity contribution in [2.75, 3.05) is 148 Å². The van der Waals surface area contributed by atoms with Gasteiger partial charge in [-0.05, 0) is 175 Å². The number of allylic oxidation sites excluding steroid dienone is 1. The summed E-state index contributed by atoms with van der Waals surface area (Å²) in [6.45, 7) is 53.6. The second kappa shape index (κ2) is 78.2. The van der Waals surface area contributed by atoms with Crippen LogP contribution in [-0.4, -0.2) is 304 Å². The molecule has 4 N–H and O–H groups in total. The molecule has 0 aromatic rings. The zero-order valence-corrected chi connectivity index (χ0v) is 83.7. The van der Waals surface area contributed by atoms with Crippen molar-refractivity contribution in [3.05, 3.63) is 60.8 Å². The van der Waals surface area contributed by atoms with Crippen LogP contribution in [0.1, 0.15) is 53.9 Å². The van der Waals surface area contributed by atoms with Gasteiger partial charge in [0.2, 0.25) is 14.5 Å². The first kappa shape index (κ1) is 130. The molecule has 0 aromatic carbocycles. The van der Waals surface area contributed by atoms with Gasteiger partial charge in [0.1, 0.15) is 26.4 Å². The molecule has 46 heteroatoms. The number of carbonyl (C=O) groups excluding carboxylic acids is 8. The highest BCUT2D eigenvalue weighted by molar-refractivity contribution is 8.26. The number of cyclic esters (lactones) is 2. The van der Waals surface area contributed by atoms with Crippen LogP contribution in [0.4, 0.5) is 0 Å². The van der Waals surface area contributed by atoms with Gasteiger partial charge in [-0.25, -0.2) is 47.4 Å². The lowest BCUT2D eigenvalue weighted by Gasteiger charge is -2.43. The van der Waals surface area contributed by atoms with Crippen LogP contribution < -0.4 is 0 Å². The number of carboxylic acid groups (broad SMARTS) is 2. The fourth-order valence-electron chi connectivity index (χ4n) is 7.25. The standard InChI is InChI=1S/C19H42O8Si4.C12H34O4Si4.C7H9ClO4.2C7H10O5.C6H15N.C4H2O3.C4H8O.C3H8O2.CH4.Cl2OS/c1-22-15-16-24-19(21)13-12-18(20)23-14-11-17-31(25-28(2,3)4,26-29(5,6)7)27-30(8,9)10;1-17(2,3)14-20(12-10-11-13,15-18(4,5)6)16-19(7,8)9;3*1-11-4-5-12-7(10)3-2-6(8)9;1-4-7(5-2)6-3;5-3-1-2-4(6)7-3;1-2-4-5-3-1;1-5-3-2-4;;1-4(2)3/h12-13H,11,14-17H2,1-10H3;13H,10-12H2,1-9H3;2-3H,4-5H2,1H3;2*2-3H,4-5H2,1H3,(H,8,9);4-6H2,1-3H3;1-2H;1-4H2;4H,2-3H2,1H3;1H4;/b13-12+;;3-2+;2*3-2-;;;;;;. The highest BCUT2D eigenvalue weighted by Crippen LogP contribution is 2.31. The number of aliphatic hydroxyl groups excluding tert-OH is 2. The minimum Gasteiger partial charge on any atom is -0.478 e. The maximum Gasteiger partial charge on any atom is 0.469 e. The molecule has 0 unspecified atom stereocenters. The molecule has 0 spiro atoms. The Labute approximate surface area is 715 Å². The first-order chi connectivity index (χ1) is 52.9. The number of esters is 7. The zero-order chi connectivity index (χ0) is 91.0. The second-order valence-electron chi connectivity index (χ2n) is 28.6. The van der Waals surface area contributed by atoms with E-state index >= 15 is 0 Å². The Morgan fingerprint density at radius 2 is 0.655 bits per heavy atom. The van der Waals surface area contributed by atoms with E-state index < -0.39 is 136 Å². The minimum atomic E-state index is -2.94. The molecule has 0 amide bonds. The Morgan fingerprint density at radius 3 is 0.819 bits per heavy atom. The van der Waals surface area contributed by atoms with Crippen molar-refractivity contribution in [3.8, 4) is 0 Å². The number of nitrogens with zero attached hydrogens (tertiary/aromatic N) is 1. The molecule has 1 fully saturated rings. The third kappa shape index (κ3) is 114. The summed E-state index contributed by atoms with van der Waals surface area (Å²) in [5.74, 6) is -6.72. The van der Waals surface area contributed by atoms with Gasteiger partial charge < -0.3 is 107 Å². The molecule has 0 aromatic heterocycles. The van der Waals surface area contributed by atoms with Gasteiger partial charge in [0.15, 0.2) is 49.9 Å². The van der Waals surface area contributed by atoms with Crippen molar-refractivity contribution in [2.45, 2.75) is 184 Å². The molecule has 2 aliphatic heterocycles. The Bertz CT molecular complexity index is 2570. The lowest BCUT2D eigenvalue weighted by Crippen LogP contribution is -2.60. The molecule has 0 bridgehead atoms. The molecule has 0 aliphatic carbocycles. The van der Waals surface area contributed by atoms with Gasteiger partial charge in [-0.15, -0.1) is 0 Å². The first-order valence-corrected chi connectivity index (χ1v) is 64.0. The fourth-order valence-corrected chi connectivity index (χ4v) is 36.6. The van der Waals surface area contributed by atoms with Gasteiger partial charge in [0.25, 0.3) is 0 Å². The maximum absolute atomic E-state index is 11.9. The summed E-state index contributed by atoms with van der Waals surface area (Å²) in [4.78, 5) is 107. The molecule has 116 heavy (non-hydrogen) atoms. The average Bonchev–Trinajstić information content (AvgIpc) is 1.04. The van der Waals surface area contributed by atoms with E-state index in [0.717, 1.165) is 80.0 Å². The average molecular weight is 1890 g/mol. The van der Waals surface area contributed by atoms with Crippen LogP contribution in [0.25, 0.3) is 0 Å². The first-order valence-electron chi connectivity index (χ1n) is 36.5. The summed E-state index contributed by atoms with van der Waals surface area (Å²) in [6.07, 6.45) is 13.1. The van der Waals surface area contributed by atoms with E-state index in [9.17, 15) is 53.1 Å². The van der Waals surface area contributed by atoms with Crippen LogP contribution in [0.15, 0.2) is 60.8 Å². The predicted molar refractivity (Wildman–Crippen MR) is 468 cm³/mol. The predicted octanol–water partition coefficient (Wildman–Crippen LogP) is 11.2. The molecule has 0 radical (unpaired) electrons. The van der Waals surface area contributed by atoms with E-state index in [1.807, 2.05) is 0 Å². The normalized spacial score (nSPS) is 12.7. The largest absolute Gasteiger partial charge is 0.478 e. The Morgan fingerprint density at radius 1 is 0.414 bits per heavy atom. The third-order valence-electron chi connectivity index (χ3n) is 10.9. The van der Waals surface area contributed by atoms with Crippen LogP contribution >= 0.6 is 33.0 Å². The lowest BCUT2D eigenvalue weighted by molar-refractivity contribution is -0.150. The van der Waals surface area contributed by atoms with Crippen LogP contribution in [0.5, 0.6) is 0 Å². The van der Waals surface area contributed by atoms with Crippen molar-refractivity contribution in [3.63, 3.8) is 0 Å². The number of hydrogen-bond donors (Lipinski definition) is 4. The Kier molecular flexibility index (Phi) is 87.7. The highest BCUT2D eigenvalue weighted by atomic mass is 36.0. The number of carboxylic acids is 2. The monoisotopic (exact) mass is 1890 g/mol. The summed E-state index contributed by atoms with van der Waals surface area (Å²) >= 11 is 4.92. The Balaban J connectivity index is -0.000000167. The molecule has 0 atom stereocenters. The van der Waals surface area contributed by atoms with Crippen molar-refractivity contribution in [2.24, 2.45) is 0 Å². The molecule has 34 nitrogen and oxygen atoms in total. The number of methoxy groups -OCH3 is 5. The SMILES string of the molecule is C.C1CCOC1.CCN(CC)CC.COCCO.COCCOC(=O)/C=C/C(=O)Cl.COCCOC(=O)/C=C/C(=O)OCCC[Si](O[Si](C)(C)C)(O[Si](C)(C)C)O[Si](C)(C)C.COCCOC(=O)/C=C\C(=O)O.COCCOC(=O)/C=C\C(=O)O.C[Si](C)(C)O[Si](CCCO)(O[Si](C)(C)C)O[Si](C)(C)C.O=C1C=CC(=O)O1.O=S(Cl)Cl. The lowest BCUT2D eigenvalue weighted by atomic mass is 10.4. The number of aliphatic carboxylic acids is 2. The van der Waals surface area contributed by atoms with Gasteiger partial charge in [-0.2, -0.15) is 0 Å². The molecule has 2 aliphatic rings. The van der Waals surface area contributed by atoms with E-state index in [1.54, 1.807) is 7.11 Å². The molecule has 2 heterocycles. The fraction of sp³-hybridized carbons (Fsp3) is 0.714. The molecular weight excluding hydrogens is 1750 g/mol. The van der Waals surface area contributed by atoms with Gasteiger partial charge in [-0.1, -0.05) is 28.2 Å². The van der Waals surface area contributed by atoms with Crippen LogP contribution in [-0.2, 0) is 139 Å². The van der Waals surface area contributed by atoms with Crippen molar-refractivity contribution in [1.29, 1.82) is 0 Å². The van der Waals surface area contributed by atoms with Crippen molar-refractivity contribution < 1.29 is 154 Å². The second-order valence-corrected chi connectivity index (χ2v) is 65.5. The minimum absolute atomic E-state index is 0. The number of hydrogen-bond acceptors (Lipinski definition) is 32. The Hall–Kier alpha value is -4.04. The molecule has 684 valence electrons. The highest BCUT2D eigenvalue weighted by Gasteiger charge is 2.51. The number of rotatable bonds is 44. The summed E-state index contributed by atoms with van der Waals surface area (Å²) < 4.78 is 104. The number of aliphatic hydroxyl groups is 2. The van der Waals surface area contributed by atoms with Gasteiger partial charge in [0.05, 0.1) is 46.2 Å². The summed E-state index contributed by atoms with van der Waals surface area (Å²) in [5.41, 5.74) is 0. The smallest absolute Gasteiger partial charge is 0.469 e. The topological polar surface area (TPSA) is 438 Å². The molecule has 2 rings (SSSR count). The summed E-state index contributed by atoms with van der Waals surface area (Å²) in [5, 5.41) is 32.7. The third-order valence-corrected chi connectivity index (χ3v) is 35.1. The summed E-state index contributed by atoms with van der Waals surface area (Å²) in [6, 6.07) is 1.31.